The zero-order chi connectivity index (χ0) is 16.9. The number of rotatable bonds is 6. The molecule has 0 atom stereocenters. The number of amides is 2. The van der Waals surface area contributed by atoms with Crippen molar-refractivity contribution in [2.24, 2.45) is 0 Å². The Hall–Kier alpha value is -1.63. The molecule has 2 amide bonds. The predicted molar refractivity (Wildman–Crippen MR) is 87.7 cm³/mol. The number of hydrogen-bond donors (Lipinski definition) is 2. The third-order valence-electron chi connectivity index (χ3n) is 4.36. The van der Waals surface area contributed by atoms with Crippen LogP contribution < -0.4 is 10.6 Å². The first-order chi connectivity index (χ1) is 10.8. The highest BCUT2D eigenvalue weighted by Gasteiger charge is 2.35. The fraction of sp³-hybridized carbons (Fsp3) is 0.562. The molecule has 0 radical (unpaired) electrons. The van der Waals surface area contributed by atoms with Gasteiger partial charge in [0.15, 0.2) is 0 Å². The van der Waals surface area contributed by atoms with Crippen LogP contribution in [-0.4, -0.2) is 39.5 Å². The van der Waals surface area contributed by atoms with Crippen LogP contribution in [0.4, 0.5) is 9.18 Å². The molecular weight excluding hydrogens is 319 g/mol. The lowest BCUT2D eigenvalue weighted by Crippen LogP contribution is -2.44. The maximum Gasteiger partial charge on any atom is 0.314 e. The van der Waals surface area contributed by atoms with Crippen molar-refractivity contribution in [3.05, 3.63) is 35.6 Å². The third kappa shape index (κ3) is 5.20. The molecule has 0 aromatic heterocycles. The summed E-state index contributed by atoms with van der Waals surface area (Å²) in [5.74, 6) is -0.350. The molecule has 0 bridgehead atoms. The molecule has 2 N–H and O–H groups in total. The molecule has 0 unspecified atom stereocenters. The average molecular weight is 342 g/mol. The van der Waals surface area contributed by atoms with Gasteiger partial charge in [0.1, 0.15) is 15.7 Å². The summed E-state index contributed by atoms with van der Waals surface area (Å²) in [6.07, 6.45) is 5.18. The molecule has 1 aromatic carbocycles. The van der Waals surface area contributed by atoms with Crippen LogP contribution in [0.5, 0.6) is 0 Å². The first-order valence-corrected chi connectivity index (χ1v) is 9.82. The van der Waals surface area contributed by atoms with Crippen LogP contribution in [-0.2, 0) is 15.3 Å². The fourth-order valence-electron chi connectivity index (χ4n) is 3.08. The molecule has 0 aliphatic heterocycles. The van der Waals surface area contributed by atoms with Gasteiger partial charge < -0.3 is 10.6 Å². The highest BCUT2D eigenvalue weighted by molar-refractivity contribution is 7.90. The molecule has 7 heteroatoms. The largest absolute Gasteiger partial charge is 0.337 e. The van der Waals surface area contributed by atoms with E-state index < -0.39 is 9.84 Å². The Labute approximate surface area is 136 Å². The molecule has 0 heterocycles. The summed E-state index contributed by atoms with van der Waals surface area (Å²) >= 11 is 0. The maximum atomic E-state index is 13.1. The number of hydrogen-bond acceptors (Lipinski definition) is 3. The van der Waals surface area contributed by atoms with Gasteiger partial charge in [-0.05, 0) is 30.5 Å². The standard InChI is InChI=1S/C16H23FN2O3S/c1-23(21,22)11-10-18-15(20)19-12-16(8-2-3-9-16)13-4-6-14(17)7-5-13/h4-7H,2-3,8-12H2,1H3,(H2,18,19,20). The summed E-state index contributed by atoms with van der Waals surface area (Å²) in [5, 5.41) is 5.38. The zero-order valence-corrected chi connectivity index (χ0v) is 14.1. The smallest absolute Gasteiger partial charge is 0.314 e. The predicted octanol–water partition coefficient (Wildman–Crippen LogP) is 1.98. The Kier molecular flexibility index (Phi) is 5.62. The van der Waals surface area contributed by atoms with Crippen molar-refractivity contribution in [1.29, 1.82) is 0 Å². The normalized spacial score (nSPS) is 17.0. The summed E-state index contributed by atoms with van der Waals surface area (Å²) in [6.45, 7) is 0.553. The van der Waals surface area contributed by atoms with Gasteiger partial charge in [0.25, 0.3) is 0 Å². The first-order valence-electron chi connectivity index (χ1n) is 7.76. The van der Waals surface area contributed by atoms with Gasteiger partial charge in [0.2, 0.25) is 0 Å². The maximum absolute atomic E-state index is 13.1. The van der Waals surface area contributed by atoms with Crippen LogP contribution in [0, 0.1) is 5.82 Å². The van der Waals surface area contributed by atoms with Gasteiger partial charge in [-0.15, -0.1) is 0 Å². The summed E-state index contributed by atoms with van der Waals surface area (Å²) in [7, 11) is -3.09. The molecular formula is C16H23FN2O3S. The topological polar surface area (TPSA) is 75.3 Å². The minimum Gasteiger partial charge on any atom is -0.337 e. The van der Waals surface area contributed by atoms with E-state index >= 15 is 0 Å². The third-order valence-corrected chi connectivity index (χ3v) is 5.31. The lowest BCUT2D eigenvalue weighted by molar-refractivity contribution is 0.237. The van der Waals surface area contributed by atoms with E-state index in [4.69, 9.17) is 0 Å². The van der Waals surface area contributed by atoms with E-state index in [0.717, 1.165) is 37.5 Å². The van der Waals surface area contributed by atoms with Gasteiger partial charge in [-0.2, -0.15) is 0 Å². The van der Waals surface area contributed by atoms with Crippen LogP contribution in [0.15, 0.2) is 24.3 Å². The van der Waals surface area contributed by atoms with E-state index in [2.05, 4.69) is 10.6 Å². The number of carbonyl (C=O) groups excluding carboxylic acids is 1. The molecule has 0 spiro atoms. The second kappa shape index (κ2) is 7.29. The second-order valence-corrected chi connectivity index (χ2v) is 8.49. The van der Waals surface area contributed by atoms with Crippen molar-refractivity contribution >= 4 is 15.9 Å². The molecule has 0 saturated heterocycles. The lowest BCUT2D eigenvalue weighted by atomic mass is 9.79. The minimum absolute atomic E-state index is 0.0798. The number of nitrogens with one attached hydrogen (secondary N) is 2. The van der Waals surface area contributed by atoms with Crippen molar-refractivity contribution < 1.29 is 17.6 Å². The van der Waals surface area contributed by atoms with E-state index in [0.29, 0.717) is 6.54 Å². The Balaban J connectivity index is 1.92. The van der Waals surface area contributed by atoms with Gasteiger partial charge in [0, 0.05) is 24.8 Å². The van der Waals surface area contributed by atoms with Crippen LogP contribution >= 0.6 is 0 Å². The number of halogens is 1. The van der Waals surface area contributed by atoms with Gasteiger partial charge in [-0.1, -0.05) is 25.0 Å². The summed E-state index contributed by atoms with van der Waals surface area (Å²) in [5.41, 5.74) is 0.870. The second-order valence-electron chi connectivity index (χ2n) is 6.23. The Morgan fingerprint density at radius 1 is 1.17 bits per heavy atom. The van der Waals surface area contributed by atoms with E-state index in [-0.39, 0.29) is 29.6 Å². The van der Waals surface area contributed by atoms with Crippen LogP contribution in [0.1, 0.15) is 31.2 Å². The summed E-state index contributed by atoms with van der Waals surface area (Å²) < 4.78 is 35.2. The van der Waals surface area contributed by atoms with Gasteiger partial charge in [-0.25, -0.2) is 17.6 Å². The first kappa shape index (κ1) is 17.7. The Morgan fingerprint density at radius 2 is 1.78 bits per heavy atom. The van der Waals surface area contributed by atoms with Crippen molar-refractivity contribution in [3.8, 4) is 0 Å². The minimum atomic E-state index is -3.09. The van der Waals surface area contributed by atoms with Crippen LogP contribution in [0.2, 0.25) is 0 Å². The quantitative estimate of drug-likeness (QED) is 0.830. The number of benzene rings is 1. The van der Waals surface area contributed by atoms with E-state index in [1.165, 1.54) is 12.1 Å². The molecule has 23 heavy (non-hydrogen) atoms. The molecule has 1 aliphatic rings. The van der Waals surface area contributed by atoms with E-state index in [9.17, 15) is 17.6 Å². The number of sulfone groups is 1. The molecule has 1 saturated carbocycles. The van der Waals surface area contributed by atoms with E-state index in [1.807, 2.05) is 0 Å². The van der Waals surface area contributed by atoms with Crippen molar-refractivity contribution in [3.63, 3.8) is 0 Å². The average Bonchev–Trinajstić information content (AvgIpc) is 2.94. The van der Waals surface area contributed by atoms with Crippen molar-refractivity contribution in [1.82, 2.24) is 10.6 Å². The van der Waals surface area contributed by atoms with Crippen LogP contribution in [0.3, 0.4) is 0 Å². The molecule has 1 aliphatic carbocycles. The van der Waals surface area contributed by atoms with Crippen molar-refractivity contribution in [2.75, 3.05) is 25.1 Å². The molecule has 128 valence electrons. The summed E-state index contributed by atoms with van der Waals surface area (Å²) in [4.78, 5) is 11.8. The van der Waals surface area contributed by atoms with Crippen LogP contribution in [0.25, 0.3) is 0 Å². The Bertz CT molecular complexity index is 638. The SMILES string of the molecule is CS(=O)(=O)CCNC(=O)NCC1(c2ccc(F)cc2)CCCC1. The van der Waals surface area contributed by atoms with Gasteiger partial charge in [-0.3, -0.25) is 0 Å². The van der Waals surface area contributed by atoms with Crippen molar-refractivity contribution in [2.45, 2.75) is 31.1 Å². The fourth-order valence-corrected chi connectivity index (χ4v) is 3.56. The molecule has 2 rings (SSSR count). The van der Waals surface area contributed by atoms with E-state index in [1.54, 1.807) is 12.1 Å². The zero-order valence-electron chi connectivity index (χ0n) is 13.3. The van der Waals surface area contributed by atoms with Gasteiger partial charge in [0.05, 0.1) is 5.75 Å². The molecule has 1 fully saturated rings. The highest BCUT2D eigenvalue weighted by Crippen LogP contribution is 2.40. The highest BCUT2D eigenvalue weighted by atomic mass is 32.2. The summed E-state index contributed by atoms with van der Waals surface area (Å²) in [6, 6.07) is 6.08. The Morgan fingerprint density at radius 3 is 2.35 bits per heavy atom. The lowest BCUT2D eigenvalue weighted by Gasteiger charge is -2.30. The number of urea groups is 1. The number of carbonyl (C=O) groups is 1. The monoisotopic (exact) mass is 342 g/mol. The van der Waals surface area contributed by atoms with Gasteiger partial charge >= 0.3 is 6.03 Å². The molecule has 5 nitrogen and oxygen atoms in total. The molecule has 1 aromatic rings.